The van der Waals surface area contributed by atoms with E-state index in [2.05, 4.69) is 0 Å². The highest BCUT2D eigenvalue weighted by Gasteiger charge is 2.44. The normalized spacial score (nSPS) is 14.4. The molecule has 0 aromatic heterocycles. The zero-order valence-electron chi connectivity index (χ0n) is 15.7. The number of amides is 2. The van der Waals surface area contributed by atoms with Gasteiger partial charge in [-0.05, 0) is 43.0 Å². The van der Waals surface area contributed by atoms with Gasteiger partial charge in [0.25, 0.3) is 11.8 Å². The molecule has 146 valence electrons. The van der Waals surface area contributed by atoms with Gasteiger partial charge in [-0.15, -0.1) is 0 Å². The van der Waals surface area contributed by atoms with Crippen molar-refractivity contribution in [1.82, 2.24) is 4.90 Å². The first-order chi connectivity index (χ1) is 13.2. The van der Waals surface area contributed by atoms with E-state index in [0.717, 1.165) is 10.5 Å². The van der Waals surface area contributed by atoms with Crippen LogP contribution in [0.4, 0.5) is 0 Å². The first kappa shape index (κ1) is 20.4. The minimum Gasteiger partial charge on any atom is -0.425 e. The number of nitrogens with zero attached hydrogens (tertiary/aromatic N) is 1. The third-order valence-electron chi connectivity index (χ3n) is 4.54. The molecule has 2 aromatic rings. The van der Waals surface area contributed by atoms with Crippen LogP contribution in [0, 0.1) is 12.8 Å². The summed E-state index contributed by atoms with van der Waals surface area (Å²) >= 11 is 12.0. The Morgan fingerprint density at radius 1 is 1.04 bits per heavy atom. The van der Waals surface area contributed by atoms with E-state index in [4.69, 9.17) is 27.9 Å². The number of halogens is 2. The zero-order valence-corrected chi connectivity index (χ0v) is 17.2. The maximum absolute atomic E-state index is 12.9. The minimum atomic E-state index is -1.05. The SMILES string of the molecule is Cc1ccccc1OC(=O)C(CC(C)C)N1C(=O)c2cc(Cl)c(Cl)cc2C1=O. The van der Waals surface area contributed by atoms with Crippen molar-refractivity contribution in [3.63, 3.8) is 0 Å². The number of benzene rings is 2. The summed E-state index contributed by atoms with van der Waals surface area (Å²) in [6, 6.07) is 8.73. The second kappa shape index (κ2) is 7.94. The fourth-order valence-corrected chi connectivity index (χ4v) is 3.46. The molecule has 1 atom stereocenters. The highest BCUT2D eigenvalue weighted by atomic mass is 35.5. The van der Waals surface area contributed by atoms with Gasteiger partial charge in [-0.1, -0.05) is 55.2 Å². The summed E-state index contributed by atoms with van der Waals surface area (Å²) in [5.41, 5.74) is 1.05. The number of carbonyl (C=O) groups is 3. The van der Waals surface area contributed by atoms with Gasteiger partial charge < -0.3 is 4.74 Å². The van der Waals surface area contributed by atoms with Crippen molar-refractivity contribution in [3.8, 4) is 5.75 Å². The molecule has 2 aromatic carbocycles. The number of hydrogen-bond donors (Lipinski definition) is 0. The molecule has 28 heavy (non-hydrogen) atoms. The fourth-order valence-electron chi connectivity index (χ4n) is 3.14. The minimum absolute atomic E-state index is 0.0471. The van der Waals surface area contributed by atoms with E-state index in [9.17, 15) is 14.4 Å². The molecule has 7 heteroatoms. The molecular weight excluding hydrogens is 401 g/mol. The first-order valence-electron chi connectivity index (χ1n) is 8.85. The molecule has 1 heterocycles. The molecule has 1 aliphatic heterocycles. The number of imide groups is 1. The maximum atomic E-state index is 12.9. The van der Waals surface area contributed by atoms with E-state index in [1.54, 1.807) is 12.1 Å². The van der Waals surface area contributed by atoms with E-state index < -0.39 is 23.8 Å². The Labute approximate surface area is 173 Å². The number of rotatable bonds is 5. The van der Waals surface area contributed by atoms with Crippen molar-refractivity contribution in [1.29, 1.82) is 0 Å². The van der Waals surface area contributed by atoms with E-state index in [0.29, 0.717) is 5.75 Å². The van der Waals surface area contributed by atoms with Crippen LogP contribution in [0.15, 0.2) is 36.4 Å². The van der Waals surface area contributed by atoms with Crippen LogP contribution in [0.5, 0.6) is 5.75 Å². The highest BCUT2D eigenvalue weighted by Crippen LogP contribution is 2.33. The van der Waals surface area contributed by atoms with Gasteiger partial charge in [0.15, 0.2) is 0 Å². The summed E-state index contributed by atoms with van der Waals surface area (Å²) in [5.74, 6) is -1.37. The van der Waals surface area contributed by atoms with Crippen molar-refractivity contribution in [3.05, 3.63) is 63.1 Å². The molecule has 0 spiro atoms. The quantitative estimate of drug-likeness (QED) is 0.392. The molecule has 2 amide bonds. The van der Waals surface area contributed by atoms with E-state index >= 15 is 0 Å². The summed E-state index contributed by atoms with van der Waals surface area (Å²) in [4.78, 5) is 39.7. The Hall–Kier alpha value is -2.37. The summed E-state index contributed by atoms with van der Waals surface area (Å²) in [6.07, 6.45) is 0.275. The molecule has 0 saturated heterocycles. The van der Waals surface area contributed by atoms with E-state index in [1.807, 2.05) is 32.9 Å². The Bertz CT molecular complexity index is 930. The lowest BCUT2D eigenvalue weighted by Gasteiger charge is -2.26. The second-order valence-corrected chi connectivity index (χ2v) is 7.94. The molecule has 0 saturated carbocycles. The molecule has 1 unspecified atom stereocenters. The number of para-hydroxylation sites is 1. The van der Waals surface area contributed by atoms with Crippen LogP contribution < -0.4 is 4.74 Å². The van der Waals surface area contributed by atoms with Crippen molar-refractivity contribution in [2.24, 2.45) is 5.92 Å². The van der Waals surface area contributed by atoms with Gasteiger partial charge in [0, 0.05) is 0 Å². The van der Waals surface area contributed by atoms with Crippen LogP contribution in [-0.2, 0) is 4.79 Å². The number of hydrogen-bond acceptors (Lipinski definition) is 4. The average Bonchev–Trinajstić information content (AvgIpc) is 2.86. The Balaban J connectivity index is 1.96. The van der Waals surface area contributed by atoms with Gasteiger partial charge in [0.05, 0.1) is 21.2 Å². The van der Waals surface area contributed by atoms with Crippen LogP contribution in [0.2, 0.25) is 10.0 Å². The van der Waals surface area contributed by atoms with E-state index in [-0.39, 0.29) is 33.5 Å². The molecule has 3 rings (SSSR count). The van der Waals surface area contributed by atoms with Crippen molar-refractivity contribution < 1.29 is 19.1 Å². The van der Waals surface area contributed by atoms with Crippen LogP contribution in [0.25, 0.3) is 0 Å². The molecule has 0 radical (unpaired) electrons. The lowest BCUT2D eigenvalue weighted by molar-refractivity contribution is -0.139. The molecule has 0 bridgehead atoms. The highest BCUT2D eigenvalue weighted by molar-refractivity contribution is 6.43. The van der Waals surface area contributed by atoms with Crippen molar-refractivity contribution in [2.75, 3.05) is 0 Å². The lowest BCUT2D eigenvalue weighted by Crippen LogP contribution is -2.47. The van der Waals surface area contributed by atoms with Crippen LogP contribution in [-0.4, -0.2) is 28.7 Å². The monoisotopic (exact) mass is 419 g/mol. The topological polar surface area (TPSA) is 63.7 Å². The fraction of sp³-hybridized carbons (Fsp3) is 0.286. The predicted molar refractivity (Wildman–Crippen MR) is 107 cm³/mol. The number of fused-ring (bicyclic) bond motifs is 1. The molecule has 0 N–H and O–H groups in total. The number of ether oxygens (including phenoxy) is 1. The summed E-state index contributed by atoms with van der Waals surface area (Å²) in [7, 11) is 0. The molecular formula is C21H19Cl2NO4. The zero-order chi connectivity index (χ0) is 20.6. The molecule has 5 nitrogen and oxygen atoms in total. The number of carbonyl (C=O) groups excluding carboxylic acids is 3. The van der Waals surface area contributed by atoms with Crippen LogP contribution in [0.1, 0.15) is 46.5 Å². The van der Waals surface area contributed by atoms with Crippen LogP contribution >= 0.6 is 23.2 Å². The van der Waals surface area contributed by atoms with Crippen LogP contribution in [0.3, 0.4) is 0 Å². The average molecular weight is 420 g/mol. The molecule has 0 fully saturated rings. The van der Waals surface area contributed by atoms with Gasteiger partial charge >= 0.3 is 5.97 Å². The third-order valence-corrected chi connectivity index (χ3v) is 5.26. The third kappa shape index (κ3) is 3.77. The van der Waals surface area contributed by atoms with Gasteiger partial charge in [0.2, 0.25) is 0 Å². The standard InChI is InChI=1S/C21H19Cl2NO4/c1-11(2)8-17(21(27)28-18-7-5-4-6-12(18)3)24-19(25)13-9-15(22)16(23)10-14(13)20(24)26/h4-7,9-11,17H,8H2,1-3H3. The summed E-state index contributed by atoms with van der Waals surface area (Å²) in [6.45, 7) is 5.62. The van der Waals surface area contributed by atoms with Gasteiger partial charge in [-0.25, -0.2) is 4.79 Å². The maximum Gasteiger partial charge on any atom is 0.334 e. The predicted octanol–water partition coefficient (Wildman–Crippen LogP) is 4.92. The lowest BCUT2D eigenvalue weighted by atomic mass is 10.0. The van der Waals surface area contributed by atoms with Gasteiger partial charge in [-0.3, -0.25) is 14.5 Å². The Kier molecular flexibility index (Phi) is 5.77. The summed E-state index contributed by atoms with van der Waals surface area (Å²) in [5, 5.41) is 0.345. The largest absolute Gasteiger partial charge is 0.425 e. The van der Waals surface area contributed by atoms with Crippen molar-refractivity contribution in [2.45, 2.75) is 33.2 Å². The Morgan fingerprint density at radius 2 is 1.57 bits per heavy atom. The molecule has 0 aliphatic carbocycles. The smallest absolute Gasteiger partial charge is 0.334 e. The van der Waals surface area contributed by atoms with Gasteiger partial charge in [0.1, 0.15) is 11.8 Å². The Morgan fingerprint density at radius 3 is 2.07 bits per heavy atom. The first-order valence-corrected chi connectivity index (χ1v) is 9.60. The number of esters is 1. The van der Waals surface area contributed by atoms with Crippen molar-refractivity contribution >= 4 is 41.0 Å². The molecule has 1 aliphatic rings. The second-order valence-electron chi connectivity index (χ2n) is 7.12. The van der Waals surface area contributed by atoms with Gasteiger partial charge in [-0.2, -0.15) is 0 Å². The summed E-state index contributed by atoms with van der Waals surface area (Å²) < 4.78 is 5.53. The number of aryl methyl sites for hydroxylation is 1. The van der Waals surface area contributed by atoms with E-state index in [1.165, 1.54) is 12.1 Å².